The van der Waals surface area contributed by atoms with Crippen molar-refractivity contribution in [3.05, 3.63) is 71.4 Å². The third-order valence-corrected chi connectivity index (χ3v) is 5.42. The minimum atomic E-state index is -0.322. The standard InChI is InChI=1S/C21H26O/c1-16-8-10-18(11-9-16)21(2,17-6-4-3-5-7-17)19-12-14-20(22)15-13-19/h3-6,8,10,12-14,17,20,22H,7,9,11,15H2,1-2H3. The van der Waals surface area contributed by atoms with E-state index in [1.165, 1.54) is 16.7 Å². The molecule has 0 aromatic rings. The average Bonchev–Trinajstić information content (AvgIpc) is 2.56. The Kier molecular flexibility index (Phi) is 4.35. The monoisotopic (exact) mass is 294 g/mol. The lowest BCUT2D eigenvalue weighted by atomic mass is 9.62. The van der Waals surface area contributed by atoms with Gasteiger partial charge in [0.25, 0.3) is 0 Å². The normalized spacial score (nSPS) is 30.4. The molecule has 0 saturated heterocycles. The zero-order chi connectivity index (χ0) is 15.6. The summed E-state index contributed by atoms with van der Waals surface area (Å²) in [6.07, 6.45) is 23.7. The Morgan fingerprint density at radius 1 is 1.09 bits per heavy atom. The maximum absolute atomic E-state index is 9.77. The number of allylic oxidation sites excluding steroid dienone is 10. The Labute approximate surface area is 134 Å². The van der Waals surface area contributed by atoms with Gasteiger partial charge >= 0.3 is 0 Å². The summed E-state index contributed by atoms with van der Waals surface area (Å²) in [6, 6.07) is 0. The van der Waals surface area contributed by atoms with Gasteiger partial charge in [-0.05, 0) is 44.1 Å². The van der Waals surface area contributed by atoms with E-state index in [0.717, 1.165) is 25.7 Å². The molecule has 3 aliphatic carbocycles. The zero-order valence-corrected chi connectivity index (χ0v) is 13.6. The summed E-state index contributed by atoms with van der Waals surface area (Å²) in [5, 5.41) is 9.77. The average molecular weight is 294 g/mol. The Balaban J connectivity index is 2.01. The van der Waals surface area contributed by atoms with Crippen LogP contribution < -0.4 is 0 Å². The molecule has 0 heterocycles. The second kappa shape index (κ2) is 6.26. The van der Waals surface area contributed by atoms with Crippen LogP contribution in [0.3, 0.4) is 0 Å². The molecule has 0 fully saturated rings. The zero-order valence-electron chi connectivity index (χ0n) is 13.6. The number of aliphatic hydroxyl groups excluding tert-OH is 1. The van der Waals surface area contributed by atoms with Crippen LogP contribution in [0.1, 0.15) is 39.5 Å². The van der Waals surface area contributed by atoms with E-state index in [4.69, 9.17) is 0 Å². The highest BCUT2D eigenvalue weighted by Gasteiger charge is 2.39. The van der Waals surface area contributed by atoms with E-state index in [9.17, 15) is 5.11 Å². The second-order valence-corrected chi connectivity index (χ2v) is 6.88. The van der Waals surface area contributed by atoms with E-state index in [0.29, 0.717) is 5.92 Å². The van der Waals surface area contributed by atoms with Gasteiger partial charge in [-0.15, -0.1) is 0 Å². The lowest BCUT2D eigenvalue weighted by molar-refractivity contribution is 0.222. The van der Waals surface area contributed by atoms with Crippen molar-refractivity contribution in [3.63, 3.8) is 0 Å². The van der Waals surface area contributed by atoms with Gasteiger partial charge in [0.1, 0.15) is 0 Å². The van der Waals surface area contributed by atoms with Crippen molar-refractivity contribution in [2.75, 3.05) is 0 Å². The Morgan fingerprint density at radius 2 is 1.95 bits per heavy atom. The fourth-order valence-electron chi connectivity index (χ4n) is 3.81. The minimum absolute atomic E-state index is 0.0229. The molecule has 0 saturated carbocycles. The molecule has 116 valence electrons. The van der Waals surface area contributed by atoms with Gasteiger partial charge in [-0.3, -0.25) is 0 Å². The second-order valence-electron chi connectivity index (χ2n) is 6.88. The Hall–Kier alpha value is -1.60. The molecule has 3 rings (SSSR count). The first-order chi connectivity index (χ1) is 10.6. The molecule has 0 bridgehead atoms. The first-order valence-corrected chi connectivity index (χ1v) is 8.38. The van der Waals surface area contributed by atoms with Gasteiger partial charge in [-0.1, -0.05) is 72.8 Å². The van der Waals surface area contributed by atoms with Crippen LogP contribution in [-0.4, -0.2) is 11.2 Å². The number of hydrogen-bond donors (Lipinski definition) is 1. The summed E-state index contributed by atoms with van der Waals surface area (Å²) in [6.45, 7) is 4.60. The number of rotatable bonds is 3. The quantitative estimate of drug-likeness (QED) is 0.773. The highest BCUT2D eigenvalue weighted by Crippen LogP contribution is 2.49. The van der Waals surface area contributed by atoms with Gasteiger partial charge in [0.05, 0.1) is 6.10 Å². The summed E-state index contributed by atoms with van der Waals surface area (Å²) in [4.78, 5) is 0. The fourth-order valence-corrected chi connectivity index (χ4v) is 3.81. The van der Waals surface area contributed by atoms with E-state index < -0.39 is 0 Å². The molecule has 3 atom stereocenters. The molecule has 0 amide bonds. The lowest BCUT2D eigenvalue weighted by Gasteiger charge is -2.42. The van der Waals surface area contributed by atoms with Gasteiger partial charge in [-0.2, -0.15) is 0 Å². The van der Waals surface area contributed by atoms with Crippen molar-refractivity contribution >= 4 is 0 Å². The van der Waals surface area contributed by atoms with Gasteiger partial charge in [0, 0.05) is 5.41 Å². The molecule has 0 radical (unpaired) electrons. The maximum atomic E-state index is 9.77. The molecule has 0 aromatic heterocycles. The summed E-state index contributed by atoms with van der Waals surface area (Å²) < 4.78 is 0. The third kappa shape index (κ3) is 2.83. The van der Waals surface area contributed by atoms with Crippen LogP contribution in [0.25, 0.3) is 0 Å². The van der Waals surface area contributed by atoms with E-state index in [1.807, 2.05) is 6.08 Å². The van der Waals surface area contributed by atoms with Crippen LogP contribution in [-0.2, 0) is 0 Å². The molecular weight excluding hydrogens is 268 g/mol. The Bertz CT molecular complexity index is 612. The number of hydrogen-bond acceptors (Lipinski definition) is 1. The van der Waals surface area contributed by atoms with Gasteiger partial charge in [-0.25, -0.2) is 0 Å². The topological polar surface area (TPSA) is 20.2 Å². The van der Waals surface area contributed by atoms with Crippen molar-refractivity contribution in [1.29, 1.82) is 0 Å². The van der Waals surface area contributed by atoms with Crippen LogP contribution >= 0.6 is 0 Å². The summed E-state index contributed by atoms with van der Waals surface area (Å²) in [5.74, 6) is 0.488. The Morgan fingerprint density at radius 3 is 2.55 bits per heavy atom. The molecule has 3 unspecified atom stereocenters. The van der Waals surface area contributed by atoms with Gasteiger partial charge in [0.15, 0.2) is 0 Å². The SMILES string of the molecule is CC1=CC=C(C(C)(C2=CCC(O)C=C2)C2C=CC=CC2)CC1. The summed E-state index contributed by atoms with van der Waals surface area (Å²) in [7, 11) is 0. The van der Waals surface area contributed by atoms with E-state index in [1.54, 1.807) is 0 Å². The largest absolute Gasteiger partial charge is 0.389 e. The summed E-state index contributed by atoms with van der Waals surface area (Å²) in [5.41, 5.74) is 4.38. The van der Waals surface area contributed by atoms with Crippen molar-refractivity contribution in [3.8, 4) is 0 Å². The van der Waals surface area contributed by atoms with Gasteiger partial charge in [0.2, 0.25) is 0 Å². The summed E-state index contributed by atoms with van der Waals surface area (Å²) >= 11 is 0. The van der Waals surface area contributed by atoms with Crippen molar-refractivity contribution in [2.24, 2.45) is 11.3 Å². The van der Waals surface area contributed by atoms with Crippen LogP contribution in [0.5, 0.6) is 0 Å². The molecule has 0 aromatic carbocycles. The third-order valence-electron chi connectivity index (χ3n) is 5.42. The van der Waals surface area contributed by atoms with Crippen molar-refractivity contribution in [1.82, 2.24) is 0 Å². The molecule has 0 spiro atoms. The lowest BCUT2D eigenvalue weighted by Crippen LogP contribution is -2.32. The van der Waals surface area contributed by atoms with Crippen LogP contribution in [0.4, 0.5) is 0 Å². The minimum Gasteiger partial charge on any atom is -0.389 e. The molecule has 3 aliphatic rings. The molecule has 1 nitrogen and oxygen atoms in total. The first kappa shape index (κ1) is 15.3. The molecule has 1 heteroatoms. The van der Waals surface area contributed by atoms with Crippen LogP contribution in [0.2, 0.25) is 0 Å². The molecular formula is C21H26O. The fraction of sp³-hybridized carbons (Fsp3) is 0.429. The van der Waals surface area contributed by atoms with Crippen LogP contribution in [0.15, 0.2) is 71.4 Å². The predicted octanol–water partition coefficient (Wildman–Crippen LogP) is 5.04. The van der Waals surface area contributed by atoms with E-state index >= 15 is 0 Å². The molecule has 1 N–H and O–H groups in total. The first-order valence-electron chi connectivity index (χ1n) is 8.38. The highest BCUT2D eigenvalue weighted by molar-refractivity contribution is 5.44. The maximum Gasteiger partial charge on any atom is 0.0758 e. The molecule has 22 heavy (non-hydrogen) atoms. The van der Waals surface area contributed by atoms with Gasteiger partial charge < -0.3 is 5.11 Å². The molecule has 0 aliphatic heterocycles. The highest BCUT2D eigenvalue weighted by atomic mass is 16.3. The van der Waals surface area contributed by atoms with Crippen molar-refractivity contribution in [2.45, 2.75) is 45.6 Å². The van der Waals surface area contributed by atoms with Crippen molar-refractivity contribution < 1.29 is 5.11 Å². The number of aliphatic hydroxyl groups is 1. The smallest absolute Gasteiger partial charge is 0.0758 e. The predicted molar refractivity (Wildman–Crippen MR) is 93.4 cm³/mol. The van der Waals surface area contributed by atoms with Crippen LogP contribution in [0, 0.1) is 11.3 Å². The van der Waals surface area contributed by atoms with E-state index in [2.05, 4.69) is 62.5 Å². The van der Waals surface area contributed by atoms with E-state index in [-0.39, 0.29) is 11.5 Å².